The number of hydrogen-bond acceptors (Lipinski definition) is 8. The predicted molar refractivity (Wildman–Crippen MR) is 154 cm³/mol. The van der Waals surface area contributed by atoms with Crippen molar-refractivity contribution >= 4 is 23.4 Å². The molecule has 2 fully saturated rings. The molecule has 10 nitrogen and oxygen atoms in total. The van der Waals surface area contributed by atoms with E-state index >= 15 is 0 Å². The van der Waals surface area contributed by atoms with Crippen LogP contribution in [0.5, 0.6) is 11.5 Å². The Morgan fingerprint density at radius 3 is 2.37 bits per heavy atom. The van der Waals surface area contributed by atoms with Crippen LogP contribution in [0.2, 0.25) is 0 Å². The fourth-order valence-corrected chi connectivity index (χ4v) is 5.05. The minimum atomic E-state index is -0.791. The lowest BCUT2D eigenvalue weighted by Gasteiger charge is -2.29. The van der Waals surface area contributed by atoms with Gasteiger partial charge in [-0.2, -0.15) is 0 Å². The van der Waals surface area contributed by atoms with Crippen LogP contribution in [0.3, 0.4) is 0 Å². The number of rotatable bonds is 12. The number of nitrogens with zero attached hydrogens (tertiary/aromatic N) is 2. The number of aliphatic hydroxyl groups is 1. The van der Waals surface area contributed by atoms with E-state index in [4.69, 9.17) is 19.9 Å². The van der Waals surface area contributed by atoms with Gasteiger partial charge in [0, 0.05) is 31.7 Å². The van der Waals surface area contributed by atoms with Crippen molar-refractivity contribution in [2.24, 2.45) is 11.7 Å². The standard InChI is InChI=1S/C31H39N3O7/c1-20(2)18-40-24-9-10-25(21(3)17-24)29(36)27-28(22-5-7-23(8-6-22)41-19-26(32)35)34(31(38)30(27)37)12-4-11-33-13-15-39-16-14-33/h5-10,17,20,28,36H,4,11-16,18-19H2,1-3H3,(H2,32,35). The molecule has 2 aliphatic rings. The Bertz CT molecular complexity index is 1280. The Morgan fingerprint density at radius 2 is 1.73 bits per heavy atom. The minimum Gasteiger partial charge on any atom is -0.507 e. The van der Waals surface area contributed by atoms with Gasteiger partial charge in [-0.15, -0.1) is 0 Å². The monoisotopic (exact) mass is 565 g/mol. The number of aliphatic hydroxyl groups excluding tert-OH is 1. The number of likely N-dealkylation sites (tertiary alicyclic amines) is 1. The van der Waals surface area contributed by atoms with Crippen LogP contribution in [0.25, 0.3) is 5.76 Å². The van der Waals surface area contributed by atoms with Crippen LogP contribution >= 0.6 is 0 Å². The van der Waals surface area contributed by atoms with Gasteiger partial charge in [0.2, 0.25) is 0 Å². The van der Waals surface area contributed by atoms with Crippen molar-refractivity contribution in [1.29, 1.82) is 0 Å². The van der Waals surface area contributed by atoms with Crippen LogP contribution < -0.4 is 15.2 Å². The van der Waals surface area contributed by atoms with E-state index in [9.17, 15) is 19.5 Å². The first kappa shape index (κ1) is 30.1. The van der Waals surface area contributed by atoms with Gasteiger partial charge in [0.1, 0.15) is 17.3 Å². The van der Waals surface area contributed by atoms with Gasteiger partial charge in [-0.1, -0.05) is 26.0 Å². The van der Waals surface area contributed by atoms with Crippen molar-refractivity contribution in [3.05, 3.63) is 64.7 Å². The molecule has 220 valence electrons. The smallest absolute Gasteiger partial charge is 0.295 e. The number of ether oxygens (including phenoxy) is 3. The molecule has 10 heteroatoms. The van der Waals surface area contributed by atoms with E-state index in [1.54, 1.807) is 36.4 Å². The molecule has 0 radical (unpaired) electrons. The Hall–Kier alpha value is -3.89. The van der Waals surface area contributed by atoms with Gasteiger partial charge in [0.25, 0.3) is 17.6 Å². The average molecular weight is 566 g/mol. The van der Waals surface area contributed by atoms with Crippen molar-refractivity contribution in [2.45, 2.75) is 33.2 Å². The summed E-state index contributed by atoms with van der Waals surface area (Å²) >= 11 is 0. The molecule has 2 amide bonds. The minimum absolute atomic E-state index is 0.0334. The van der Waals surface area contributed by atoms with Crippen LogP contribution in [0.4, 0.5) is 0 Å². The highest BCUT2D eigenvalue weighted by atomic mass is 16.5. The zero-order valence-corrected chi connectivity index (χ0v) is 23.9. The highest BCUT2D eigenvalue weighted by Crippen LogP contribution is 2.40. The van der Waals surface area contributed by atoms with Crippen LogP contribution in [0.1, 0.15) is 43.0 Å². The summed E-state index contributed by atoms with van der Waals surface area (Å²) in [6.45, 7) is 10.3. The second-order valence-electron chi connectivity index (χ2n) is 10.8. The van der Waals surface area contributed by atoms with E-state index in [0.29, 0.717) is 61.3 Å². The molecular weight excluding hydrogens is 526 g/mol. The van der Waals surface area contributed by atoms with Gasteiger partial charge >= 0.3 is 0 Å². The second kappa shape index (κ2) is 13.6. The molecule has 4 rings (SSSR count). The van der Waals surface area contributed by atoms with Gasteiger partial charge in [-0.3, -0.25) is 19.3 Å². The third kappa shape index (κ3) is 7.45. The molecule has 2 heterocycles. The zero-order chi connectivity index (χ0) is 29.5. The third-order valence-corrected chi connectivity index (χ3v) is 7.13. The number of carbonyl (C=O) groups is 3. The van der Waals surface area contributed by atoms with E-state index < -0.39 is 23.6 Å². The fourth-order valence-electron chi connectivity index (χ4n) is 5.05. The largest absolute Gasteiger partial charge is 0.507 e. The van der Waals surface area contributed by atoms with Gasteiger partial charge in [-0.05, 0) is 60.7 Å². The van der Waals surface area contributed by atoms with Crippen molar-refractivity contribution < 1.29 is 33.7 Å². The van der Waals surface area contributed by atoms with Crippen molar-refractivity contribution in [2.75, 3.05) is 52.6 Å². The number of primary amides is 1. The topological polar surface area (TPSA) is 132 Å². The number of nitrogens with two attached hydrogens (primary N) is 1. The number of hydrogen-bond donors (Lipinski definition) is 2. The summed E-state index contributed by atoms with van der Waals surface area (Å²) in [6.07, 6.45) is 0.657. The lowest BCUT2D eigenvalue weighted by atomic mass is 9.93. The molecule has 2 saturated heterocycles. The van der Waals surface area contributed by atoms with Gasteiger partial charge in [0.15, 0.2) is 6.61 Å². The third-order valence-electron chi connectivity index (χ3n) is 7.13. The number of aryl methyl sites for hydroxylation is 1. The first-order valence-electron chi connectivity index (χ1n) is 14.0. The van der Waals surface area contributed by atoms with Crippen LogP contribution in [0, 0.1) is 12.8 Å². The number of ketones is 1. The van der Waals surface area contributed by atoms with Gasteiger partial charge in [-0.25, -0.2) is 0 Å². The first-order chi connectivity index (χ1) is 19.7. The highest BCUT2D eigenvalue weighted by Gasteiger charge is 2.46. The summed E-state index contributed by atoms with van der Waals surface area (Å²) in [5.41, 5.74) is 7.03. The predicted octanol–water partition coefficient (Wildman–Crippen LogP) is 3.04. The normalized spacial score (nSPS) is 19.1. The molecule has 0 aliphatic carbocycles. The molecule has 1 atom stereocenters. The van der Waals surface area contributed by atoms with Gasteiger partial charge in [0.05, 0.1) is 31.4 Å². The Balaban J connectivity index is 1.66. The van der Waals surface area contributed by atoms with E-state index in [0.717, 1.165) is 25.2 Å². The molecule has 41 heavy (non-hydrogen) atoms. The molecular formula is C31H39N3O7. The highest BCUT2D eigenvalue weighted by molar-refractivity contribution is 6.46. The quantitative estimate of drug-likeness (QED) is 0.228. The average Bonchev–Trinajstić information content (AvgIpc) is 3.20. The molecule has 2 aromatic carbocycles. The summed E-state index contributed by atoms with van der Waals surface area (Å²) in [6, 6.07) is 11.2. The van der Waals surface area contributed by atoms with E-state index in [2.05, 4.69) is 18.7 Å². The zero-order valence-electron chi connectivity index (χ0n) is 23.9. The summed E-state index contributed by atoms with van der Waals surface area (Å²) < 4.78 is 16.6. The fraction of sp³-hybridized carbons (Fsp3) is 0.452. The molecule has 0 saturated carbocycles. The summed E-state index contributed by atoms with van der Waals surface area (Å²) in [7, 11) is 0. The SMILES string of the molecule is Cc1cc(OCC(C)C)ccc1C(O)=C1C(=O)C(=O)N(CCCN2CCOCC2)C1c1ccc(OCC(N)=O)cc1. The molecule has 2 aromatic rings. The summed E-state index contributed by atoms with van der Waals surface area (Å²) in [5, 5.41) is 11.5. The Labute approximate surface area is 240 Å². The molecule has 2 aliphatic heterocycles. The second-order valence-corrected chi connectivity index (χ2v) is 10.8. The van der Waals surface area contributed by atoms with Crippen LogP contribution in [0.15, 0.2) is 48.0 Å². The maximum absolute atomic E-state index is 13.4. The van der Waals surface area contributed by atoms with Crippen molar-refractivity contribution in [3.63, 3.8) is 0 Å². The van der Waals surface area contributed by atoms with Crippen molar-refractivity contribution in [3.8, 4) is 11.5 Å². The van der Waals surface area contributed by atoms with E-state index in [-0.39, 0.29) is 17.9 Å². The number of benzene rings is 2. The van der Waals surface area contributed by atoms with E-state index in [1.165, 1.54) is 4.90 Å². The van der Waals surface area contributed by atoms with Gasteiger partial charge < -0.3 is 30.0 Å². The molecule has 0 bridgehead atoms. The number of carbonyl (C=O) groups excluding carboxylic acids is 3. The summed E-state index contributed by atoms with van der Waals surface area (Å²) in [4.78, 5) is 41.7. The van der Waals surface area contributed by atoms with Crippen LogP contribution in [-0.2, 0) is 19.1 Å². The lowest BCUT2D eigenvalue weighted by Crippen LogP contribution is -2.38. The summed E-state index contributed by atoms with van der Waals surface area (Å²) in [5.74, 6) is -0.765. The number of morpholine rings is 1. The maximum atomic E-state index is 13.4. The molecule has 3 N–H and O–H groups in total. The number of amides is 2. The number of Topliss-reactive ketones (excluding diaryl/α,β-unsaturated/α-hetero) is 1. The van der Waals surface area contributed by atoms with E-state index in [1.807, 2.05) is 13.0 Å². The molecule has 0 aromatic heterocycles. The lowest BCUT2D eigenvalue weighted by molar-refractivity contribution is -0.140. The van der Waals surface area contributed by atoms with Crippen molar-refractivity contribution in [1.82, 2.24) is 9.80 Å². The molecule has 0 spiro atoms. The first-order valence-corrected chi connectivity index (χ1v) is 14.0. The Morgan fingerprint density at radius 1 is 1.05 bits per heavy atom. The molecule has 1 unspecified atom stereocenters. The van der Waals surface area contributed by atoms with Crippen LogP contribution in [-0.4, -0.2) is 85.1 Å². The Kier molecular flexibility index (Phi) is 10.0. The maximum Gasteiger partial charge on any atom is 0.295 e.